The van der Waals surface area contributed by atoms with Gasteiger partial charge < -0.3 is 14.7 Å². The van der Waals surface area contributed by atoms with E-state index >= 15 is 0 Å². The van der Waals surface area contributed by atoms with E-state index in [1.54, 1.807) is 19.2 Å². The molecule has 0 fully saturated rings. The standard InChI is InChI=1S/C12H15BrN2O2/c1-17-5-3-15(2-4-16)12-7-10(9-14)6-11(13)8-12/h6-8,16H,2-5H2,1H3. The highest BCUT2D eigenvalue weighted by molar-refractivity contribution is 9.10. The monoisotopic (exact) mass is 298 g/mol. The van der Waals surface area contributed by atoms with Gasteiger partial charge in [0.05, 0.1) is 24.8 Å². The van der Waals surface area contributed by atoms with Crippen LogP contribution in [0.3, 0.4) is 0 Å². The molecule has 0 aliphatic carbocycles. The molecular weight excluding hydrogens is 284 g/mol. The molecule has 0 aliphatic heterocycles. The quantitative estimate of drug-likeness (QED) is 0.869. The van der Waals surface area contributed by atoms with Gasteiger partial charge in [-0.25, -0.2) is 0 Å². The summed E-state index contributed by atoms with van der Waals surface area (Å²) in [6, 6.07) is 7.60. The number of benzene rings is 1. The predicted octanol–water partition coefficient (Wildman–Crippen LogP) is 1.77. The highest BCUT2D eigenvalue weighted by atomic mass is 79.9. The molecule has 4 nitrogen and oxygen atoms in total. The summed E-state index contributed by atoms with van der Waals surface area (Å²) in [6.45, 7) is 1.84. The van der Waals surface area contributed by atoms with E-state index in [0.29, 0.717) is 25.3 Å². The molecule has 0 unspecified atom stereocenters. The van der Waals surface area contributed by atoms with Crippen LogP contribution in [0.2, 0.25) is 0 Å². The Kier molecular flexibility index (Phi) is 5.98. The second-order valence-corrected chi connectivity index (χ2v) is 4.43. The lowest BCUT2D eigenvalue weighted by Crippen LogP contribution is -2.30. The fraction of sp³-hybridized carbons (Fsp3) is 0.417. The third kappa shape index (κ3) is 4.35. The van der Waals surface area contributed by atoms with E-state index in [9.17, 15) is 0 Å². The molecule has 0 atom stereocenters. The largest absolute Gasteiger partial charge is 0.395 e. The summed E-state index contributed by atoms with van der Waals surface area (Å²) in [5.74, 6) is 0. The SMILES string of the molecule is COCCN(CCO)c1cc(Br)cc(C#N)c1. The first kappa shape index (κ1) is 14.0. The second kappa shape index (κ2) is 7.28. The van der Waals surface area contributed by atoms with Gasteiger partial charge in [0.2, 0.25) is 0 Å². The van der Waals surface area contributed by atoms with Gasteiger partial charge in [0.25, 0.3) is 0 Å². The Morgan fingerprint density at radius 2 is 2.18 bits per heavy atom. The first-order chi connectivity index (χ1) is 8.21. The van der Waals surface area contributed by atoms with Crippen molar-refractivity contribution in [3.63, 3.8) is 0 Å². The summed E-state index contributed by atoms with van der Waals surface area (Å²) in [7, 11) is 1.64. The lowest BCUT2D eigenvalue weighted by Gasteiger charge is -2.24. The van der Waals surface area contributed by atoms with Crippen molar-refractivity contribution in [2.45, 2.75) is 0 Å². The summed E-state index contributed by atoms with van der Waals surface area (Å²) in [5, 5.41) is 17.9. The lowest BCUT2D eigenvalue weighted by atomic mass is 10.2. The Hall–Kier alpha value is -1.09. The minimum Gasteiger partial charge on any atom is -0.395 e. The van der Waals surface area contributed by atoms with Crippen molar-refractivity contribution in [1.82, 2.24) is 0 Å². The maximum absolute atomic E-state index is 9.03. The predicted molar refractivity (Wildman–Crippen MR) is 70.0 cm³/mol. The number of nitrogens with zero attached hydrogens (tertiary/aromatic N) is 2. The van der Waals surface area contributed by atoms with Crippen LogP contribution in [-0.4, -0.2) is 38.5 Å². The maximum atomic E-state index is 9.03. The van der Waals surface area contributed by atoms with Gasteiger partial charge in [-0.3, -0.25) is 0 Å². The van der Waals surface area contributed by atoms with Gasteiger partial charge in [-0.15, -0.1) is 0 Å². The van der Waals surface area contributed by atoms with Crippen LogP contribution in [0.25, 0.3) is 0 Å². The summed E-state index contributed by atoms with van der Waals surface area (Å²) < 4.78 is 5.88. The number of nitriles is 1. The van der Waals surface area contributed by atoms with Crippen LogP contribution >= 0.6 is 15.9 Å². The van der Waals surface area contributed by atoms with Gasteiger partial charge in [0, 0.05) is 30.4 Å². The molecule has 92 valence electrons. The first-order valence-corrected chi connectivity index (χ1v) is 6.06. The fourth-order valence-corrected chi connectivity index (χ4v) is 1.99. The Morgan fingerprint density at radius 3 is 2.76 bits per heavy atom. The molecule has 1 aromatic rings. The molecule has 1 N–H and O–H groups in total. The highest BCUT2D eigenvalue weighted by Crippen LogP contribution is 2.22. The van der Waals surface area contributed by atoms with Crippen molar-refractivity contribution in [2.75, 3.05) is 38.3 Å². The van der Waals surface area contributed by atoms with Crippen molar-refractivity contribution in [1.29, 1.82) is 5.26 Å². The van der Waals surface area contributed by atoms with Gasteiger partial charge in [-0.05, 0) is 18.2 Å². The van der Waals surface area contributed by atoms with Crippen molar-refractivity contribution in [3.8, 4) is 6.07 Å². The summed E-state index contributed by atoms with van der Waals surface area (Å²) >= 11 is 3.37. The molecule has 5 heteroatoms. The van der Waals surface area contributed by atoms with Gasteiger partial charge >= 0.3 is 0 Å². The minimum atomic E-state index is 0.0676. The first-order valence-electron chi connectivity index (χ1n) is 5.26. The molecule has 0 amide bonds. The second-order valence-electron chi connectivity index (χ2n) is 3.51. The molecule has 1 rings (SSSR count). The third-order valence-electron chi connectivity index (χ3n) is 2.31. The topological polar surface area (TPSA) is 56.5 Å². The maximum Gasteiger partial charge on any atom is 0.0992 e. The van der Waals surface area contributed by atoms with Gasteiger partial charge in [0.15, 0.2) is 0 Å². The minimum absolute atomic E-state index is 0.0676. The Labute approximate surface area is 110 Å². The summed E-state index contributed by atoms with van der Waals surface area (Å²) in [5.41, 5.74) is 1.50. The summed E-state index contributed by atoms with van der Waals surface area (Å²) in [4.78, 5) is 1.98. The lowest BCUT2D eigenvalue weighted by molar-refractivity contribution is 0.203. The summed E-state index contributed by atoms with van der Waals surface area (Å²) in [6.07, 6.45) is 0. The van der Waals surface area contributed by atoms with Crippen LogP contribution in [-0.2, 0) is 4.74 Å². The Bertz CT molecular complexity index is 404. The molecule has 0 aromatic heterocycles. The molecule has 17 heavy (non-hydrogen) atoms. The van der Waals surface area contributed by atoms with E-state index in [-0.39, 0.29) is 6.61 Å². The van der Waals surface area contributed by atoms with Crippen LogP contribution in [0.4, 0.5) is 5.69 Å². The molecule has 0 saturated heterocycles. The van der Waals surface area contributed by atoms with E-state index < -0.39 is 0 Å². The van der Waals surface area contributed by atoms with Crippen LogP contribution < -0.4 is 4.90 Å². The number of anilines is 1. The van der Waals surface area contributed by atoms with Crippen molar-refractivity contribution < 1.29 is 9.84 Å². The number of methoxy groups -OCH3 is 1. The van der Waals surface area contributed by atoms with Crippen molar-refractivity contribution in [3.05, 3.63) is 28.2 Å². The average molecular weight is 299 g/mol. The fourth-order valence-electron chi connectivity index (χ4n) is 1.51. The van der Waals surface area contributed by atoms with E-state index in [2.05, 4.69) is 22.0 Å². The van der Waals surface area contributed by atoms with Crippen LogP contribution in [0.1, 0.15) is 5.56 Å². The van der Waals surface area contributed by atoms with Gasteiger partial charge in [-0.1, -0.05) is 15.9 Å². The molecular formula is C12H15BrN2O2. The smallest absolute Gasteiger partial charge is 0.0992 e. The van der Waals surface area contributed by atoms with E-state index in [4.69, 9.17) is 15.1 Å². The third-order valence-corrected chi connectivity index (χ3v) is 2.77. The number of hydrogen-bond donors (Lipinski definition) is 1. The van der Waals surface area contributed by atoms with Gasteiger partial charge in [-0.2, -0.15) is 5.26 Å². The number of aliphatic hydroxyl groups excluding tert-OH is 1. The van der Waals surface area contributed by atoms with Crippen LogP contribution in [0, 0.1) is 11.3 Å². The number of halogens is 1. The van der Waals surface area contributed by atoms with E-state index in [0.717, 1.165) is 10.2 Å². The van der Waals surface area contributed by atoms with E-state index in [1.165, 1.54) is 0 Å². The molecule has 0 bridgehead atoms. The number of rotatable bonds is 6. The van der Waals surface area contributed by atoms with Gasteiger partial charge in [0.1, 0.15) is 0 Å². The van der Waals surface area contributed by atoms with Crippen LogP contribution in [0.15, 0.2) is 22.7 Å². The molecule has 0 heterocycles. The molecule has 0 spiro atoms. The Morgan fingerprint density at radius 1 is 1.41 bits per heavy atom. The zero-order valence-corrected chi connectivity index (χ0v) is 11.3. The highest BCUT2D eigenvalue weighted by Gasteiger charge is 2.08. The number of ether oxygens (including phenoxy) is 1. The Balaban J connectivity index is 2.92. The molecule has 0 aliphatic rings. The average Bonchev–Trinajstić information content (AvgIpc) is 2.33. The van der Waals surface area contributed by atoms with Crippen LogP contribution in [0.5, 0.6) is 0 Å². The normalized spacial score (nSPS) is 10.0. The number of aliphatic hydroxyl groups is 1. The molecule has 1 aromatic carbocycles. The van der Waals surface area contributed by atoms with Crippen molar-refractivity contribution >= 4 is 21.6 Å². The zero-order chi connectivity index (χ0) is 12.7. The zero-order valence-electron chi connectivity index (χ0n) is 9.69. The number of hydrogen-bond acceptors (Lipinski definition) is 4. The molecule has 0 radical (unpaired) electrons. The molecule has 0 saturated carbocycles. The van der Waals surface area contributed by atoms with Crippen molar-refractivity contribution in [2.24, 2.45) is 0 Å². The van der Waals surface area contributed by atoms with E-state index in [1.807, 2.05) is 11.0 Å².